The van der Waals surface area contributed by atoms with Crippen LogP contribution in [0, 0.1) is 6.92 Å². The minimum Gasteiger partial charge on any atom is -0.487 e. The molecule has 1 aliphatic heterocycles. The molecular formula is C20H23N3O3. The lowest BCUT2D eigenvalue weighted by atomic mass is 10.1. The Balaban J connectivity index is 1.28. The first kappa shape index (κ1) is 16.8. The number of pyridine rings is 2. The van der Waals surface area contributed by atoms with Crippen molar-refractivity contribution in [3.63, 3.8) is 0 Å². The summed E-state index contributed by atoms with van der Waals surface area (Å²) < 4.78 is 11.7. The van der Waals surface area contributed by atoms with Crippen LogP contribution in [0.4, 0.5) is 0 Å². The topological polar surface area (TPSA) is 64.5 Å². The molecule has 0 radical (unpaired) electrons. The van der Waals surface area contributed by atoms with Crippen molar-refractivity contribution >= 4 is 5.91 Å². The molecule has 0 aromatic carbocycles. The van der Waals surface area contributed by atoms with E-state index in [4.69, 9.17) is 9.47 Å². The first-order chi connectivity index (χ1) is 12.7. The van der Waals surface area contributed by atoms with Crippen LogP contribution in [0.15, 0.2) is 36.7 Å². The second-order valence-electron chi connectivity index (χ2n) is 6.99. The van der Waals surface area contributed by atoms with Gasteiger partial charge >= 0.3 is 0 Å². The van der Waals surface area contributed by atoms with Gasteiger partial charge in [-0.2, -0.15) is 0 Å². The Hall–Kier alpha value is -2.63. The Bertz CT molecular complexity index is 766. The van der Waals surface area contributed by atoms with E-state index in [1.165, 1.54) is 12.8 Å². The molecule has 1 saturated carbocycles. The van der Waals surface area contributed by atoms with Crippen molar-refractivity contribution in [1.82, 2.24) is 14.9 Å². The molecule has 0 atom stereocenters. The fourth-order valence-electron chi connectivity index (χ4n) is 3.40. The zero-order valence-corrected chi connectivity index (χ0v) is 14.9. The maximum absolute atomic E-state index is 12.5. The minimum atomic E-state index is -0.0179. The number of ether oxygens (including phenoxy) is 2. The summed E-state index contributed by atoms with van der Waals surface area (Å²) in [6.07, 6.45) is 8.26. The summed E-state index contributed by atoms with van der Waals surface area (Å²) in [7, 11) is 0. The molecule has 1 saturated heterocycles. The summed E-state index contributed by atoms with van der Waals surface area (Å²) >= 11 is 0. The summed E-state index contributed by atoms with van der Waals surface area (Å²) in [5, 5.41) is 0. The fourth-order valence-corrected chi connectivity index (χ4v) is 3.40. The summed E-state index contributed by atoms with van der Waals surface area (Å²) in [5.41, 5.74) is 1.50. The van der Waals surface area contributed by atoms with Gasteiger partial charge in [0.05, 0.1) is 18.7 Å². The lowest BCUT2D eigenvalue weighted by molar-refractivity contribution is 0.0177. The summed E-state index contributed by atoms with van der Waals surface area (Å²) in [5.74, 6) is 1.38. The smallest absolute Gasteiger partial charge is 0.255 e. The fraction of sp³-hybridized carbons (Fsp3) is 0.450. The third-order valence-corrected chi connectivity index (χ3v) is 4.88. The van der Waals surface area contributed by atoms with Gasteiger partial charge in [0.2, 0.25) is 5.88 Å². The molecule has 0 unspecified atom stereocenters. The van der Waals surface area contributed by atoms with Crippen LogP contribution in [0.2, 0.25) is 0 Å². The largest absolute Gasteiger partial charge is 0.487 e. The van der Waals surface area contributed by atoms with Gasteiger partial charge in [-0.3, -0.25) is 9.78 Å². The average Bonchev–Trinajstić information content (AvgIpc) is 3.11. The van der Waals surface area contributed by atoms with E-state index >= 15 is 0 Å². The second-order valence-corrected chi connectivity index (χ2v) is 6.99. The highest BCUT2D eigenvalue weighted by atomic mass is 16.5. The highest BCUT2D eigenvalue weighted by Gasteiger charge is 2.33. The van der Waals surface area contributed by atoms with E-state index < -0.39 is 0 Å². The van der Waals surface area contributed by atoms with E-state index in [1.807, 2.05) is 19.1 Å². The molecule has 0 N–H and O–H groups in total. The number of aromatic nitrogens is 2. The number of amides is 1. The molecule has 3 heterocycles. The first-order valence-electron chi connectivity index (χ1n) is 9.19. The van der Waals surface area contributed by atoms with Gasteiger partial charge in [-0.1, -0.05) is 0 Å². The van der Waals surface area contributed by atoms with E-state index in [0.717, 1.165) is 24.3 Å². The summed E-state index contributed by atoms with van der Waals surface area (Å²) in [6.45, 7) is 3.09. The molecule has 0 spiro atoms. The van der Waals surface area contributed by atoms with Crippen LogP contribution in [-0.2, 0) is 0 Å². The lowest BCUT2D eigenvalue weighted by Gasteiger charge is -2.39. The van der Waals surface area contributed by atoms with Crippen molar-refractivity contribution in [2.75, 3.05) is 13.1 Å². The van der Waals surface area contributed by atoms with Crippen molar-refractivity contribution in [3.8, 4) is 11.6 Å². The Labute approximate surface area is 153 Å². The first-order valence-corrected chi connectivity index (χ1v) is 9.19. The van der Waals surface area contributed by atoms with E-state index in [0.29, 0.717) is 24.5 Å². The van der Waals surface area contributed by atoms with Gasteiger partial charge in [0.15, 0.2) is 0 Å². The Morgan fingerprint density at radius 3 is 2.58 bits per heavy atom. The number of nitrogens with zero attached hydrogens (tertiary/aromatic N) is 3. The number of aryl methyl sites for hydroxylation is 1. The summed E-state index contributed by atoms with van der Waals surface area (Å²) in [4.78, 5) is 22.7. The number of carbonyl (C=O) groups is 1. The van der Waals surface area contributed by atoms with Crippen LogP contribution in [0.3, 0.4) is 0 Å². The SMILES string of the molecule is Cc1cc(OC2CN(C(=O)c3ccc(OC4CCCC4)nc3)C2)ccn1. The monoisotopic (exact) mass is 353 g/mol. The number of likely N-dealkylation sites (tertiary alicyclic amines) is 1. The van der Waals surface area contributed by atoms with Gasteiger partial charge in [-0.15, -0.1) is 0 Å². The standard InChI is InChI=1S/C20H23N3O3/c1-14-10-17(8-9-21-14)25-18-12-23(13-18)20(24)15-6-7-19(22-11-15)26-16-4-2-3-5-16/h6-11,16,18H,2-5,12-13H2,1H3. The van der Waals surface area contributed by atoms with Crippen molar-refractivity contribution in [1.29, 1.82) is 0 Å². The molecule has 0 bridgehead atoms. The Morgan fingerprint density at radius 2 is 1.88 bits per heavy atom. The van der Waals surface area contributed by atoms with Crippen molar-refractivity contribution in [2.24, 2.45) is 0 Å². The van der Waals surface area contributed by atoms with Crippen LogP contribution in [0.1, 0.15) is 41.7 Å². The van der Waals surface area contributed by atoms with Crippen molar-refractivity contribution < 1.29 is 14.3 Å². The average molecular weight is 353 g/mol. The zero-order valence-electron chi connectivity index (χ0n) is 14.9. The molecule has 136 valence electrons. The van der Waals surface area contributed by atoms with Crippen LogP contribution in [0.5, 0.6) is 11.6 Å². The van der Waals surface area contributed by atoms with Crippen LogP contribution < -0.4 is 9.47 Å². The molecule has 2 aromatic rings. The molecule has 6 nitrogen and oxygen atoms in total. The van der Waals surface area contributed by atoms with E-state index in [9.17, 15) is 4.79 Å². The maximum atomic E-state index is 12.5. The molecule has 2 aliphatic rings. The van der Waals surface area contributed by atoms with E-state index in [-0.39, 0.29) is 18.1 Å². The van der Waals surface area contributed by atoms with Gasteiger partial charge < -0.3 is 14.4 Å². The van der Waals surface area contributed by atoms with E-state index in [2.05, 4.69) is 9.97 Å². The Kier molecular flexibility index (Phi) is 4.73. The highest BCUT2D eigenvalue weighted by molar-refractivity contribution is 5.94. The second kappa shape index (κ2) is 7.32. The Morgan fingerprint density at radius 1 is 1.08 bits per heavy atom. The van der Waals surface area contributed by atoms with Gasteiger partial charge in [0, 0.05) is 30.2 Å². The zero-order chi connectivity index (χ0) is 17.9. The molecule has 6 heteroatoms. The molecule has 1 amide bonds. The number of hydrogen-bond donors (Lipinski definition) is 0. The normalized spacial score (nSPS) is 17.8. The van der Waals surface area contributed by atoms with Gasteiger partial charge in [0.25, 0.3) is 5.91 Å². The van der Waals surface area contributed by atoms with Crippen molar-refractivity contribution in [2.45, 2.75) is 44.8 Å². The molecule has 26 heavy (non-hydrogen) atoms. The minimum absolute atomic E-state index is 0.0179. The molecule has 2 fully saturated rings. The molecule has 4 rings (SSSR count). The predicted molar refractivity (Wildman–Crippen MR) is 96.4 cm³/mol. The molecule has 1 aliphatic carbocycles. The van der Waals surface area contributed by atoms with Gasteiger partial charge in [0.1, 0.15) is 18.0 Å². The van der Waals surface area contributed by atoms with Crippen LogP contribution in [-0.4, -0.2) is 46.1 Å². The number of rotatable bonds is 5. The lowest BCUT2D eigenvalue weighted by Crippen LogP contribution is -2.56. The maximum Gasteiger partial charge on any atom is 0.255 e. The van der Waals surface area contributed by atoms with Crippen LogP contribution >= 0.6 is 0 Å². The number of carbonyl (C=O) groups excluding carboxylic acids is 1. The predicted octanol–water partition coefficient (Wildman–Crippen LogP) is 3.01. The highest BCUT2D eigenvalue weighted by Crippen LogP contribution is 2.24. The molecular weight excluding hydrogens is 330 g/mol. The quantitative estimate of drug-likeness (QED) is 0.827. The third-order valence-electron chi connectivity index (χ3n) is 4.88. The summed E-state index contributed by atoms with van der Waals surface area (Å²) in [6, 6.07) is 7.32. The number of hydrogen-bond acceptors (Lipinski definition) is 5. The van der Waals surface area contributed by atoms with Crippen LogP contribution in [0.25, 0.3) is 0 Å². The van der Waals surface area contributed by atoms with E-state index in [1.54, 1.807) is 29.4 Å². The van der Waals surface area contributed by atoms with Crippen molar-refractivity contribution in [3.05, 3.63) is 47.9 Å². The van der Waals surface area contributed by atoms with Gasteiger partial charge in [-0.25, -0.2) is 4.98 Å². The third kappa shape index (κ3) is 3.79. The van der Waals surface area contributed by atoms with Gasteiger partial charge in [-0.05, 0) is 44.7 Å². The molecule has 2 aromatic heterocycles.